The molecule has 128 valence electrons. The van der Waals surface area contributed by atoms with E-state index < -0.39 is 18.1 Å². The average Bonchev–Trinajstić information content (AvgIpc) is 2.62. The zero-order valence-corrected chi connectivity index (χ0v) is 14.4. The van der Waals surface area contributed by atoms with Gasteiger partial charge < -0.3 is 10.1 Å². The van der Waals surface area contributed by atoms with E-state index in [1.54, 1.807) is 36.4 Å². The lowest BCUT2D eigenvalue weighted by atomic mass is 10.0. The number of esters is 1. The second-order valence-corrected chi connectivity index (χ2v) is 5.79. The number of nitrogens with one attached hydrogen (secondary N) is 1. The number of nitrogens with zero attached hydrogens (tertiary/aromatic N) is 1. The van der Waals surface area contributed by atoms with Gasteiger partial charge in [-0.1, -0.05) is 54.1 Å². The van der Waals surface area contributed by atoms with Crippen LogP contribution >= 0.6 is 11.6 Å². The van der Waals surface area contributed by atoms with Crippen molar-refractivity contribution in [3.63, 3.8) is 0 Å². The molecular weight excluding hydrogens is 340 g/mol. The summed E-state index contributed by atoms with van der Waals surface area (Å²) >= 11 is 6.05. The smallest absolute Gasteiger partial charge is 0.309 e. The number of amides is 1. The van der Waals surface area contributed by atoms with Gasteiger partial charge in [-0.05, 0) is 24.6 Å². The minimum Gasteiger partial charge on any atom is -0.447 e. The maximum atomic E-state index is 12.5. The lowest BCUT2D eigenvalue weighted by Gasteiger charge is -2.19. The molecule has 0 aliphatic heterocycles. The van der Waals surface area contributed by atoms with Gasteiger partial charge in [0, 0.05) is 0 Å². The summed E-state index contributed by atoms with van der Waals surface area (Å²) in [5.41, 5.74) is 1.08. The fourth-order valence-electron chi connectivity index (χ4n) is 2.26. The van der Waals surface area contributed by atoms with Gasteiger partial charge in [0.1, 0.15) is 6.07 Å². The highest BCUT2D eigenvalue weighted by atomic mass is 35.5. The van der Waals surface area contributed by atoms with Gasteiger partial charge in [0.05, 0.1) is 23.0 Å². The molecule has 0 spiro atoms. The third kappa shape index (κ3) is 5.33. The van der Waals surface area contributed by atoms with Crippen LogP contribution in [-0.2, 0) is 9.53 Å². The molecule has 0 aliphatic carbocycles. The van der Waals surface area contributed by atoms with Crippen molar-refractivity contribution in [3.8, 4) is 6.07 Å². The van der Waals surface area contributed by atoms with E-state index in [1.165, 1.54) is 6.92 Å². The van der Waals surface area contributed by atoms with Gasteiger partial charge in [-0.25, -0.2) is 0 Å². The Kier molecular flexibility index (Phi) is 6.55. The van der Waals surface area contributed by atoms with Crippen LogP contribution in [0.25, 0.3) is 0 Å². The first-order chi connectivity index (χ1) is 12.0. The maximum Gasteiger partial charge on any atom is 0.309 e. The first-order valence-corrected chi connectivity index (χ1v) is 8.08. The van der Waals surface area contributed by atoms with Crippen LogP contribution in [0.2, 0.25) is 5.02 Å². The van der Waals surface area contributed by atoms with E-state index >= 15 is 0 Å². The van der Waals surface area contributed by atoms with Crippen molar-refractivity contribution in [3.05, 3.63) is 70.7 Å². The predicted octanol–water partition coefficient (Wildman–Crippen LogP) is 3.66. The quantitative estimate of drug-likeness (QED) is 0.801. The van der Waals surface area contributed by atoms with Crippen LogP contribution < -0.4 is 5.32 Å². The lowest BCUT2D eigenvalue weighted by Crippen LogP contribution is -2.31. The molecule has 2 aromatic carbocycles. The molecule has 2 aromatic rings. The Balaban J connectivity index is 2.18. The van der Waals surface area contributed by atoms with Crippen LogP contribution in [0.3, 0.4) is 0 Å². The molecule has 5 nitrogen and oxygen atoms in total. The fraction of sp³-hybridized carbons (Fsp3) is 0.211. The van der Waals surface area contributed by atoms with Crippen LogP contribution in [0.1, 0.15) is 35.3 Å². The summed E-state index contributed by atoms with van der Waals surface area (Å²) in [6.07, 6.45) is -0.935. The topological polar surface area (TPSA) is 79.2 Å². The van der Waals surface area contributed by atoms with Gasteiger partial charge >= 0.3 is 5.97 Å². The van der Waals surface area contributed by atoms with Crippen LogP contribution in [0.4, 0.5) is 0 Å². The van der Waals surface area contributed by atoms with E-state index in [-0.39, 0.29) is 12.3 Å². The SMILES string of the molecule is C[C@H](C#N)OC(=O)C[C@H](NC(=O)c1ccccc1Cl)c1ccccc1. The summed E-state index contributed by atoms with van der Waals surface area (Å²) in [5.74, 6) is -0.956. The molecule has 25 heavy (non-hydrogen) atoms. The van der Waals surface area contributed by atoms with Gasteiger partial charge in [-0.2, -0.15) is 5.26 Å². The van der Waals surface area contributed by atoms with E-state index in [0.717, 1.165) is 5.56 Å². The molecule has 0 saturated carbocycles. The van der Waals surface area contributed by atoms with E-state index in [9.17, 15) is 9.59 Å². The Morgan fingerprint density at radius 2 is 1.80 bits per heavy atom. The molecule has 0 radical (unpaired) electrons. The largest absolute Gasteiger partial charge is 0.447 e. The van der Waals surface area contributed by atoms with Crippen molar-refractivity contribution in [2.24, 2.45) is 0 Å². The average molecular weight is 357 g/mol. The summed E-state index contributed by atoms with van der Waals surface area (Å²) < 4.78 is 4.99. The number of hydrogen-bond acceptors (Lipinski definition) is 4. The molecule has 2 atom stereocenters. The molecule has 0 unspecified atom stereocenters. The molecule has 6 heteroatoms. The molecule has 1 amide bonds. The monoisotopic (exact) mass is 356 g/mol. The molecule has 1 N–H and O–H groups in total. The highest BCUT2D eigenvalue weighted by Gasteiger charge is 2.22. The van der Waals surface area contributed by atoms with E-state index in [4.69, 9.17) is 21.6 Å². The van der Waals surface area contributed by atoms with Crippen molar-refractivity contribution in [1.82, 2.24) is 5.32 Å². The van der Waals surface area contributed by atoms with Gasteiger partial charge in [0.25, 0.3) is 5.91 Å². The number of hydrogen-bond donors (Lipinski definition) is 1. The normalized spacial score (nSPS) is 12.5. The van der Waals surface area contributed by atoms with Crippen molar-refractivity contribution < 1.29 is 14.3 Å². The number of ether oxygens (including phenoxy) is 1. The van der Waals surface area contributed by atoms with E-state index in [0.29, 0.717) is 10.6 Å². The number of halogens is 1. The Labute approximate surface area is 151 Å². The van der Waals surface area contributed by atoms with E-state index in [2.05, 4.69) is 5.32 Å². The number of nitriles is 1. The summed E-state index contributed by atoms with van der Waals surface area (Å²) in [7, 11) is 0. The van der Waals surface area contributed by atoms with Crippen molar-refractivity contribution in [1.29, 1.82) is 5.26 Å². The summed E-state index contributed by atoms with van der Waals surface area (Å²) in [5, 5.41) is 11.9. The minimum absolute atomic E-state index is 0.0910. The molecule has 0 bridgehead atoms. The number of carbonyl (C=O) groups is 2. The molecular formula is C19H17ClN2O3. The number of carbonyl (C=O) groups excluding carboxylic acids is 2. The summed E-state index contributed by atoms with van der Waals surface area (Å²) in [6.45, 7) is 1.48. The number of benzene rings is 2. The number of rotatable bonds is 6. The van der Waals surface area contributed by atoms with Crippen molar-refractivity contribution in [2.45, 2.75) is 25.5 Å². The standard InChI is InChI=1S/C19H17ClN2O3/c1-13(12-21)25-18(23)11-17(14-7-3-2-4-8-14)22-19(24)15-9-5-6-10-16(15)20/h2-10,13,17H,11H2,1H3,(H,22,24)/t13-,17+/m1/s1. The van der Waals surface area contributed by atoms with Gasteiger partial charge in [-0.3, -0.25) is 9.59 Å². The maximum absolute atomic E-state index is 12.5. The molecule has 2 rings (SSSR count). The summed E-state index contributed by atoms with van der Waals surface area (Å²) in [6, 6.07) is 17.0. The predicted molar refractivity (Wildman–Crippen MR) is 93.9 cm³/mol. The zero-order valence-electron chi connectivity index (χ0n) is 13.6. The Hall–Kier alpha value is -2.84. The highest BCUT2D eigenvalue weighted by molar-refractivity contribution is 6.33. The molecule has 0 aliphatic rings. The lowest BCUT2D eigenvalue weighted by molar-refractivity contribution is -0.146. The second-order valence-electron chi connectivity index (χ2n) is 5.38. The van der Waals surface area contributed by atoms with Crippen LogP contribution in [0.5, 0.6) is 0 Å². The molecule has 0 fully saturated rings. The Bertz CT molecular complexity index is 787. The van der Waals surface area contributed by atoms with Gasteiger partial charge in [-0.15, -0.1) is 0 Å². The van der Waals surface area contributed by atoms with Crippen LogP contribution in [-0.4, -0.2) is 18.0 Å². The first kappa shape index (κ1) is 18.5. The molecule has 0 saturated heterocycles. The third-order valence-electron chi connectivity index (χ3n) is 3.49. The zero-order chi connectivity index (χ0) is 18.2. The molecule has 0 heterocycles. The van der Waals surface area contributed by atoms with Crippen molar-refractivity contribution >= 4 is 23.5 Å². The van der Waals surface area contributed by atoms with Gasteiger partial charge in [0.2, 0.25) is 0 Å². The summed E-state index contributed by atoms with van der Waals surface area (Å²) in [4.78, 5) is 24.5. The van der Waals surface area contributed by atoms with Gasteiger partial charge in [0.15, 0.2) is 6.10 Å². The van der Waals surface area contributed by atoms with Crippen LogP contribution in [0, 0.1) is 11.3 Å². The van der Waals surface area contributed by atoms with E-state index in [1.807, 2.05) is 24.3 Å². The highest BCUT2D eigenvalue weighted by Crippen LogP contribution is 2.21. The second kappa shape index (κ2) is 8.86. The fourth-order valence-corrected chi connectivity index (χ4v) is 2.48. The van der Waals surface area contributed by atoms with Crippen LogP contribution in [0.15, 0.2) is 54.6 Å². The third-order valence-corrected chi connectivity index (χ3v) is 3.82. The molecule has 0 aromatic heterocycles. The first-order valence-electron chi connectivity index (χ1n) is 7.70. The minimum atomic E-state index is -0.844. The Morgan fingerprint density at radius 1 is 1.16 bits per heavy atom. The van der Waals surface area contributed by atoms with Crippen molar-refractivity contribution in [2.75, 3.05) is 0 Å². The Morgan fingerprint density at radius 3 is 2.44 bits per heavy atom.